The molecule has 0 radical (unpaired) electrons. The Hall–Kier alpha value is -1.55. The quantitative estimate of drug-likeness (QED) is 0.903. The predicted molar refractivity (Wildman–Crippen MR) is 87.3 cm³/mol. The molecular weight excluding hydrogens is 262 g/mol. The van der Waals surface area contributed by atoms with Crippen molar-refractivity contribution in [3.63, 3.8) is 0 Å². The summed E-state index contributed by atoms with van der Waals surface area (Å²) in [7, 11) is 0. The number of carbonyl (C=O) groups is 1. The Balaban J connectivity index is 1.99. The fourth-order valence-electron chi connectivity index (χ4n) is 3.07. The lowest BCUT2D eigenvalue weighted by atomic mass is 9.81. The molecule has 2 N–H and O–H groups in total. The Labute approximate surface area is 127 Å². The van der Waals surface area contributed by atoms with Crippen molar-refractivity contribution in [3.8, 4) is 0 Å². The zero-order valence-electron chi connectivity index (χ0n) is 13.2. The Morgan fingerprint density at radius 3 is 2.14 bits per heavy atom. The first kappa shape index (κ1) is 15.8. The van der Waals surface area contributed by atoms with Crippen LogP contribution < -0.4 is 10.6 Å². The smallest absolute Gasteiger partial charge is 0.230 e. The van der Waals surface area contributed by atoms with Crippen molar-refractivity contribution < 1.29 is 4.79 Å². The third-order valence-corrected chi connectivity index (χ3v) is 4.89. The molecule has 0 aliphatic carbocycles. The van der Waals surface area contributed by atoms with Gasteiger partial charge in [0, 0.05) is 38.4 Å². The summed E-state index contributed by atoms with van der Waals surface area (Å²) >= 11 is 0. The minimum Gasteiger partial charge on any atom is -0.368 e. The Kier molecular flexibility index (Phi) is 5.23. The van der Waals surface area contributed by atoms with Gasteiger partial charge in [0.2, 0.25) is 5.91 Å². The summed E-state index contributed by atoms with van der Waals surface area (Å²) < 4.78 is 0. The molecule has 1 aromatic carbocycles. The molecule has 0 spiro atoms. The van der Waals surface area contributed by atoms with Crippen LogP contribution in [0.1, 0.15) is 26.7 Å². The van der Waals surface area contributed by atoms with Crippen LogP contribution in [0.25, 0.3) is 0 Å². The summed E-state index contributed by atoms with van der Waals surface area (Å²) in [5.41, 5.74) is 6.77. The van der Waals surface area contributed by atoms with E-state index in [2.05, 4.69) is 43.0 Å². The molecule has 21 heavy (non-hydrogen) atoms. The Morgan fingerprint density at radius 1 is 1.10 bits per heavy atom. The van der Waals surface area contributed by atoms with Gasteiger partial charge in [0.05, 0.1) is 5.41 Å². The maximum Gasteiger partial charge on any atom is 0.230 e. The summed E-state index contributed by atoms with van der Waals surface area (Å²) in [4.78, 5) is 17.1. The molecular formula is C17H27N3O. The number of para-hydroxylation sites is 1. The van der Waals surface area contributed by atoms with Gasteiger partial charge in [-0.2, -0.15) is 0 Å². The fraction of sp³-hybridized carbons (Fsp3) is 0.588. The van der Waals surface area contributed by atoms with E-state index in [1.807, 2.05) is 11.0 Å². The van der Waals surface area contributed by atoms with E-state index < -0.39 is 0 Å². The van der Waals surface area contributed by atoms with E-state index in [-0.39, 0.29) is 11.3 Å². The molecule has 0 saturated carbocycles. The van der Waals surface area contributed by atoms with Crippen molar-refractivity contribution in [2.75, 3.05) is 37.6 Å². The minimum atomic E-state index is -0.366. The maximum atomic E-state index is 12.8. The predicted octanol–water partition coefficient (Wildman–Crippen LogP) is 2.10. The van der Waals surface area contributed by atoms with Gasteiger partial charge in [0.15, 0.2) is 0 Å². The lowest BCUT2D eigenvalue weighted by Gasteiger charge is -2.41. The Morgan fingerprint density at radius 2 is 1.67 bits per heavy atom. The van der Waals surface area contributed by atoms with Crippen LogP contribution in [0.15, 0.2) is 30.3 Å². The highest BCUT2D eigenvalue weighted by molar-refractivity contribution is 5.83. The van der Waals surface area contributed by atoms with Crippen LogP contribution in [-0.2, 0) is 4.79 Å². The molecule has 1 aliphatic heterocycles. The zero-order chi connectivity index (χ0) is 15.3. The molecule has 0 unspecified atom stereocenters. The lowest BCUT2D eigenvalue weighted by molar-refractivity contribution is -0.142. The summed E-state index contributed by atoms with van der Waals surface area (Å²) in [6.45, 7) is 7.93. The van der Waals surface area contributed by atoms with Gasteiger partial charge < -0.3 is 15.5 Å². The molecule has 1 aromatic rings. The van der Waals surface area contributed by atoms with E-state index in [1.54, 1.807) is 0 Å². The van der Waals surface area contributed by atoms with E-state index in [9.17, 15) is 4.79 Å². The van der Waals surface area contributed by atoms with E-state index >= 15 is 0 Å². The second-order valence-corrected chi connectivity index (χ2v) is 5.81. The number of carbonyl (C=O) groups excluding carboxylic acids is 1. The summed E-state index contributed by atoms with van der Waals surface area (Å²) in [6, 6.07) is 10.4. The molecule has 2 rings (SSSR count). The number of amides is 1. The second-order valence-electron chi connectivity index (χ2n) is 5.81. The maximum absolute atomic E-state index is 12.8. The normalized spacial score (nSPS) is 16.1. The summed E-state index contributed by atoms with van der Waals surface area (Å²) in [5.74, 6) is 0.239. The summed E-state index contributed by atoms with van der Waals surface area (Å²) in [6.07, 6.45) is 1.63. The number of nitrogens with two attached hydrogens (primary N) is 1. The molecule has 4 nitrogen and oxygen atoms in total. The van der Waals surface area contributed by atoms with Gasteiger partial charge in [-0.3, -0.25) is 4.79 Å². The molecule has 1 fully saturated rings. The van der Waals surface area contributed by atoms with Crippen molar-refractivity contribution >= 4 is 11.6 Å². The van der Waals surface area contributed by atoms with E-state index in [4.69, 9.17) is 5.73 Å². The van der Waals surface area contributed by atoms with Crippen molar-refractivity contribution in [1.82, 2.24) is 4.90 Å². The van der Waals surface area contributed by atoms with Gasteiger partial charge in [-0.1, -0.05) is 32.0 Å². The first-order valence-corrected chi connectivity index (χ1v) is 7.96. The number of hydrogen-bond donors (Lipinski definition) is 1. The average molecular weight is 289 g/mol. The Bertz CT molecular complexity index is 440. The number of rotatable bonds is 5. The third kappa shape index (κ3) is 3.21. The topological polar surface area (TPSA) is 49.6 Å². The molecule has 0 atom stereocenters. The average Bonchev–Trinajstić information content (AvgIpc) is 2.58. The molecule has 1 heterocycles. The monoisotopic (exact) mass is 289 g/mol. The van der Waals surface area contributed by atoms with Crippen LogP contribution in [0, 0.1) is 5.41 Å². The molecule has 0 bridgehead atoms. The van der Waals surface area contributed by atoms with Gasteiger partial charge in [-0.25, -0.2) is 0 Å². The van der Waals surface area contributed by atoms with Crippen LogP contribution in [0.4, 0.5) is 5.69 Å². The van der Waals surface area contributed by atoms with Crippen LogP contribution in [-0.4, -0.2) is 43.5 Å². The number of anilines is 1. The van der Waals surface area contributed by atoms with Gasteiger partial charge in [-0.05, 0) is 25.0 Å². The SMILES string of the molecule is CCC(CC)(CN)C(=O)N1CCN(c2ccccc2)CC1. The lowest BCUT2D eigenvalue weighted by Crippen LogP contribution is -2.54. The van der Waals surface area contributed by atoms with Crippen LogP contribution >= 0.6 is 0 Å². The standard InChI is InChI=1S/C17H27N3O/c1-3-17(4-2,14-18)16(21)20-12-10-19(11-13-20)15-8-6-5-7-9-15/h5-9H,3-4,10-14,18H2,1-2H3. The zero-order valence-corrected chi connectivity index (χ0v) is 13.2. The van der Waals surface area contributed by atoms with E-state index in [0.717, 1.165) is 39.0 Å². The molecule has 1 aliphatic rings. The fourth-order valence-corrected chi connectivity index (χ4v) is 3.07. The first-order valence-electron chi connectivity index (χ1n) is 7.96. The molecule has 116 valence electrons. The van der Waals surface area contributed by atoms with Crippen LogP contribution in [0.5, 0.6) is 0 Å². The number of piperazine rings is 1. The minimum absolute atomic E-state index is 0.239. The molecule has 4 heteroatoms. The van der Waals surface area contributed by atoms with Gasteiger partial charge in [-0.15, -0.1) is 0 Å². The van der Waals surface area contributed by atoms with Crippen molar-refractivity contribution in [2.45, 2.75) is 26.7 Å². The van der Waals surface area contributed by atoms with Crippen molar-refractivity contribution in [1.29, 1.82) is 0 Å². The largest absolute Gasteiger partial charge is 0.368 e. The highest BCUT2D eigenvalue weighted by atomic mass is 16.2. The van der Waals surface area contributed by atoms with E-state index in [0.29, 0.717) is 6.54 Å². The van der Waals surface area contributed by atoms with Crippen molar-refractivity contribution in [3.05, 3.63) is 30.3 Å². The molecule has 1 amide bonds. The highest BCUT2D eigenvalue weighted by Crippen LogP contribution is 2.28. The van der Waals surface area contributed by atoms with Crippen molar-refractivity contribution in [2.24, 2.45) is 11.1 Å². The van der Waals surface area contributed by atoms with Crippen LogP contribution in [0.3, 0.4) is 0 Å². The second kappa shape index (κ2) is 6.94. The number of hydrogen-bond acceptors (Lipinski definition) is 3. The first-order chi connectivity index (χ1) is 10.2. The highest BCUT2D eigenvalue weighted by Gasteiger charge is 2.37. The third-order valence-electron chi connectivity index (χ3n) is 4.89. The van der Waals surface area contributed by atoms with Gasteiger partial charge in [0.1, 0.15) is 0 Å². The van der Waals surface area contributed by atoms with E-state index in [1.165, 1.54) is 5.69 Å². The molecule has 0 aromatic heterocycles. The van der Waals surface area contributed by atoms with Gasteiger partial charge in [0.25, 0.3) is 0 Å². The van der Waals surface area contributed by atoms with Crippen LogP contribution in [0.2, 0.25) is 0 Å². The number of nitrogens with zero attached hydrogens (tertiary/aromatic N) is 2. The number of benzene rings is 1. The summed E-state index contributed by atoms with van der Waals surface area (Å²) in [5, 5.41) is 0. The molecule has 1 saturated heterocycles. The van der Waals surface area contributed by atoms with Gasteiger partial charge >= 0.3 is 0 Å².